The van der Waals surface area contributed by atoms with Crippen LogP contribution < -0.4 is 5.32 Å². The minimum Gasteiger partial charge on any atom is -0.507 e. The number of allylic oxidation sites excluding steroid dienone is 2. The fraction of sp³-hybridized carbons (Fsp3) is 0.333. The van der Waals surface area contributed by atoms with E-state index in [0.717, 1.165) is 11.8 Å². The number of fused-ring (bicyclic) bond motifs is 1. The van der Waals surface area contributed by atoms with Crippen LogP contribution in [-0.2, 0) is 9.59 Å². The molecule has 1 aromatic carbocycles. The van der Waals surface area contributed by atoms with E-state index in [2.05, 4.69) is 5.32 Å². The van der Waals surface area contributed by atoms with Crippen molar-refractivity contribution in [3.8, 4) is 11.5 Å². The number of aromatic hydroxyl groups is 2. The zero-order valence-corrected chi connectivity index (χ0v) is 16.0. The van der Waals surface area contributed by atoms with Gasteiger partial charge in [-0.3, -0.25) is 14.4 Å². The Morgan fingerprint density at radius 3 is 1.93 bits per heavy atom. The molecule has 27 heavy (non-hydrogen) atoms. The zero-order valence-electron chi connectivity index (χ0n) is 15.2. The Hall–Kier alpha value is -2.81. The lowest BCUT2D eigenvalue weighted by atomic mass is 9.85. The first-order valence-electron chi connectivity index (χ1n) is 7.97. The minimum atomic E-state index is -1.28. The lowest BCUT2D eigenvalue weighted by molar-refractivity contribution is -0.140. The van der Waals surface area contributed by atoms with Crippen LogP contribution in [0.5, 0.6) is 11.5 Å². The van der Waals surface area contributed by atoms with Gasteiger partial charge in [0.25, 0.3) is 0 Å². The van der Waals surface area contributed by atoms with Gasteiger partial charge in [0, 0.05) is 18.2 Å². The Kier molecular flexibility index (Phi) is 5.65. The topological polar surface area (TPSA) is 141 Å². The predicted molar refractivity (Wildman–Crippen MR) is 98.3 cm³/mol. The summed E-state index contributed by atoms with van der Waals surface area (Å²) in [4.78, 5) is 47.9. The van der Waals surface area contributed by atoms with E-state index < -0.39 is 29.5 Å². The number of phenolic OH excluding ortho intramolecular Hbond substituents is 2. The molecule has 0 heterocycles. The number of carboxylic acids is 1. The first kappa shape index (κ1) is 20.5. The van der Waals surface area contributed by atoms with Crippen LogP contribution in [0.3, 0.4) is 0 Å². The van der Waals surface area contributed by atoms with Crippen molar-refractivity contribution in [3.05, 3.63) is 32.7 Å². The average Bonchev–Trinajstić information content (AvgIpc) is 2.59. The highest BCUT2D eigenvalue weighted by molar-refractivity contribution is 8.04. The number of carbonyl (C=O) groups is 4. The third-order valence-corrected chi connectivity index (χ3v) is 5.69. The van der Waals surface area contributed by atoms with Crippen LogP contribution in [0.25, 0.3) is 0 Å². The van der Waals surface area contributed by atoms with Crippen LogP contribution in [0.4, 0.5) is 0 Å². The molecule has 2 rings (SSSR count). The Bertz CT molecular complexity index is 917. The molecule has 1 atom stereocenters. The summed E-state index contributed by atoms with van der Waals surface area (Å²) >= 11 is 0.805. The van der Waals surface area contributed by atoms with E-state index in [1.54, 1.807) is 0 Å². The summed E-state index contributed by atoms with van der Waals surface area (Å²) in [6.45, 7) is 5.60. The smallest absolute Gasteiger partial charge is 0.327 e. The summed E-state index contributed by atoms with van der Waals surface area (Å²) in [5.41, 5.74) is 0.0764. The fourth-order valence-electron chi connectivity index (χ4n) is 2.74. The average molecular weight is 393 g/mol. The van der Waals surface area contributed by atoms with Gasteiger partial charge in [-0.05, 0) is 31.9 Å². The third kappa shape index (κ3) is 3.55. The summed E-state index contributed by atoms with van der Waals surface area (Å²) in [6, 6.07) is -1.25. The number of nitrogens with one attached hydrogen (secondary N) is 1. The van der Waals surface area contributed by atoms with Gasteiger partial charge in [0.05, 0.1) is 16.0 Å². The standard InChI is InChI=1S/C18H19NO7S/c1-6-7(2)14(22)12-11(13(6)21)15(23)8(3)17(16(12)24)27-5-10(18(25)26)19-9(4)20/h10,21-22H,5H2,1-4H3,(H,19,20)(H,25,26)/t10-/m0/s1. The Morgan fingerprint density at radius 1 is 1.00 bits per heavy atom. The maximum atomic E-state index is 12.9. The highest BCUT2D eigenvalue weighted by atomic mass is 32.2. The van der Waals surface area contributed by atoms with E-state index in [0.29, 0.717) is 5.56 Å². The summed E-state index contributed by atoms with van der Waals surface area (Å²) < 4.78 is 0. The Labute approximate surface area is 159 Å². The molecular formula is C18H19NO7S. The van der Waals surface area contributed by atoms with Crippen LogP contribution in [0.2, 0.25) is 0 Å². The van der Waals surface area contributed by atoms with E-state index in [1.807, 2.05) is 0 Å². The second-order valence-corrected chi connectivity index (χ2v) is 7.24. The molecule has 8 nitrogen and oxygen atoms in total. The number of aliphatic carboxylic acids is 1. The number of thioether (sulfide) groups is 1. The van der Waals surface area contributed by atoms with Crippen molar-refractivity contribution in [1.82, 2.24) is 5.32 Å². The number of hydrogen-bond donors (Lipinski definition) is 4. The van der Waals surface area contributed by atoms with Gasteiger partial charge in [-0.25, -0.2) is 4.79 Å². The maximum absolute atomic E-state index is 12.9. The summed E-state index contributed by atoms with van der Waals surface area (Å²) in [5.74, 6) is -4.04. The second-order valence-electron chi connectivity index (χ2n) is 6.21. The van der Waals surface area contributed by atoms with Gasteiger partial charge in [0.1, 0.15) is 17.5 Å². The van der Waals surface area contributed by atoms with Crippen molar-refractivity contribution < 1.29 is 34.5 Å². The van der Waals surface area contributed by atoms with E-state index in [1.165, 1.54) is 27.7 Å². The lowest BCUT2D eigenvalue weighted by Crippen LogP contribution is -2.41. The van der Waals surface area contributed by atoms with E-state index in [4.69, 9.17) is 0 Å². The normalized spacial score (nSPS) is 14.8. The lowest BCUT2D eigenvalue weighted by Gasteiger charge is -2.23. The van der Waals surface area contributed by atoms with Gasteiger partial charge in [-0.15, -0.1) is 11.8 Å². The molecule has 0 bridgehead atoms. The van der Waals surface area contributed by atoms with E-state index in [9.17, 15) is 34.5 Å². The van der Waals surface area contributed by atoms with Crippen molar-refractivity contribution in [2.75, 3.05) is 5.75 Å². The molecule has 1 aliphatic rings. The highest BCUT2D eigenvalue weighted by Crippen LogP contribution is 2.44. The molecule has 0 aliphatic heterocycles. The molecule has 1 aliphatic carbocycles. The molecule has 0 unspecified atom stereocenters. The SMILES string of the molecule is CC(=O)N[C@@H](CSC1=C(C)C(=O)c2c(O)c(C)c(C)c(O)c2C1=O)C(=O)O. The van der Waals surface area contributed by atoms with Gasteiger partial charge < -0.3 is 20.6 Å². The summed E-state index contributed by atoms with van der Waals surface area (Å²) in [7, 11) is 0. The van der Waals surface area contributed by atoms with Crippen molar-refractivity contribution in [1.29, 1.82) is 0 Å². The van der Waals surface area contributed by atoms with Gasteiger partial charge in [0.2, 0.25) is 11.7 Å². The summed E-state index contributed by atoms with van der Waals surface area (Å²) in [6.07, 6.45) is 0. The molecule has 0 radical (unpaired) electrons. The first-order valence-corrected chi connectivity index (χ1v) is 8.95. The minimum absolute atomic E-state index is 0.0259. The number of hydrogen-bond acceptors (Lipinski definition) is 7. The Morgan fingerprint density at radius 2 is 1.48 bits per heavy atom. The monoisotopic (exact) mass is 393 g/mol. The van der Waals surface area contributed by atoms with Crippen LogP contribution in [0.15, 0.2) is 10.5 Å². The number of amides is 1. The molecule has 9 heteroatoms. The number of phenols is 2. The number of rotatable bonds is 5. The molecule has 0 saturated heterocycles. The van der Waals surface area contributed by atoms with Gasteiger partial charge in [-0.2, -0.15) is 0 Å². The third-order valence-electron chi connectivity index (χ3n) is 4.41. The predicted octanol–water partition coefficient (Wildman–Crippen LogP) is 1.69. The quantitative estimate of drug-likeness (QED) is 0.554. The van der Waals surface area contributed by atoms with Gasteiger partial charge in [0.15, 0.2) is 5.78 Å². The van der Waals surface area contributed by atoms with Gasteiger partial charge in [-0.1, -0.05) is 0 Å². The molecule has 0 aromatic heterocycles. The molecule has 1 amide bonds. The van der Waals surface area contributed by atoms with Crippen LogP contribution in [-0.4, -0.2) is 50.6 Å². The number of carbonyl (C=O) groups excluding carboxylic acids is 3. The molecule has 0 fully saturated rings. The van der Waals surface area contributed by atoms with Crippen LogP contribution in [0.1, 0.15) is 45.7 Å². The van der Waals surface area contributed by atoms with Crippen LogP contribution >= 0.6 is 11.8 Å². The second kappa shape index (κ2) is 7.43. The van der Waals surface area contributed by atoms with E-state index in [-0.39, 0.29) is 44.4 Å². The number of carboxylic acid groups (broad SMARTS) is 1. The zero-order chi connectivity index (χ0) is 20.6. The van der Waals surface area contributed by atoms with Gasteiger partial charge >= 0.3 is 5.97 Å². The van der Waals surface area contributed by atoms with Crippen molar-refractivity contribution in [3.63, 3.8) is 0 Å². The fourth-order valence-corrected chi connectivity index (χ4v) is 3.85. The largest absolute Gasteiger partial charge is 0.507 e. The Balaban J connectivity index is 2.47. The maximum Gasteiger partial charge on any atom is 0.327 e. The van der Waals surface area contributed by atoms with Crippen molar-refractivity contribution >= 4 is 35.2 Å². The number of ketones is 2. The van der Waals surface area contributed by atoms with Crippen molar-refractivity contribution in [2.45, 2.75) is 33.7 Å². The molecule has 1 aromatic rings. The molecular weight excluding hydrogens is 374 g/mol. The first-order chi connectivity index (χ1) is 12.5. The van der Waals surface area contributed by atoms with E-state index >= 15 is 0 Å². The molecule has 144 valence electrons. The van der Waals surface area contributed by atoms with Crippen molar-refractivity contribution in [2.24, 2.45) is 0 Å². The highest BCUT2D eigenvalue weighted by Gasteiger charge is 2.37. The molecule has 0 spiro atoms. The van der Waals surface area contributed by atoms with Crippen LogP contribution in [0, 0.1) is 13.8 Å². The number of Topliss-reactive ketones (excluding diaryl/α,β-unsaturated/α-hetero) is 2. The molecule has 0 saturated carbocycles. The summed E-state index contributed by atoms with van der Waals surface area (Å²) in [5, 5.41) is 32.1. The molecule has 4 N–H and O–H groups in total. The number of benzene rings is 1.